The number of allylic oxidation sites excluding steroid dienone is 2. The van der Waals surface area contributed by atoms with Gasteiger partial charge in [0.1, 0.15) is 0 Å². The van der Waals surface area contributed by atoms with Gasteiger partial charge in [0.2, 0.25) is 0 Å². The molecule has 0 amide bonds. The predicted octanol–water partition coefficient (Wildman–Crippen LogP) is 5.33. The van der Waals surface area contributed by atoms with Crippen LogP contribution in [0.3, 0.4) is 0 Å². The minimum absolute atomic E-state index is 0.324. The Morgan fingerprint density at radius 3 is 2.86 bits per heavy atom. The third kappa shape index (κ3) is 4.97. The molecular weight excluding hydrogens is 350 g/mol. The highest BCUT2D eigenvalue weighted by molar-refractivity contribution is 5.69. The lowest BCUT2D eigenvalue weighted by atomic mass is 9.94. The summed E-state index contributed by atoms with van der Waals surface area (Å²) in [5, 5.41) is 10.3. The maximum atomic E-state index is 4.79. The standard InChI is InChI=1S/C21H31N7/c1-5-7-9-15(3)11-17(10-8-6-2)28-14-23-20-21(28)25-19(13-22-20)24-18-12-16(4)26-27-18/h6,8,12-15,17H,5,7,9-11H2,1-4H3,(H2,24,25,26,27)/b8-6-. The zero-order chi connectivity index (χ0) is 19.9. The molecule has 0 saturated heterocycles. The number of nitrogens with zero attached hydrogens (tertiary/aromatic N) is 5. The summed E-state index contributed by atoms with van der Waals surface area (Å²) in [7, 11) is 0. The van der Waals surface area contributed by atoms with Crippen molar-refractivity contribution in [1.29, 1.82) is 0 Å². The van der Waals surface area contributed by atoms with Crippen LogP contribution in [0.25, 0.3) is 11.3 Å². The highest BCUT2D eigenvalue weighted by atomic mass is 15.2. The van der Waals surface area contributed by atoms with Gasteiger partial charge in [-0.25, -0.2) is 15.0 Å². The van der Waals surface area contributed by atoms with Crippen LogP contribution >= 0.6 is 0 Å². The Balaban J connectivity index is 1.86. The molecule has 28 heavy (non-hydrogen) atoms. The fourth-order valence-corrected chi connectivity index (χ4v) is 3.50. The zero-order valence-corrected chi connectivity index (χ0v) is 17.3. The first-order valence-electron chi connectivity index (χ1n) is 10.2. The minimum Gasteiger partial charge on any atom is -0.322 e. The van der Waals surface area contributed by atoms with E-state index in [1.807, 2.05) is 19.3 Å². The number of hydrogen-bond acceptors (Lipinski definition) is 5. The van der Waals surface area contributed by atoms with Gasteiger partial charge >= 0.3 is 0 Å². The molecule has 0 aliphatic carbocycles. The summed E-state index contributed by atoms with van der Waals surface area (Å²) in [6, 6.07) is 2.26. The molecule has 3 rings (SSSR count). The van der Waals surface area contributed by atoms with Crippen LogP contribution in [-0.4, -0.2) is 29.7 Å². The molecule has 3 aromatic heterocycles. The van der Waals surface area contributed by atoms with E-state index in [2.05, 4.69) is 63.0 Å². The molecule has 0 saturated carbocycles. The number of aromatic amines is 1. The number of rotatable bonds is 10. The first kappa shape index (κ1) is 20.0. The number of hydrogen-bond donors (Lipinski definition) is 2. The molecule has 0 aliphatic rings. The first-order chi connectivity index (χ1) is 13.6. The summed E-state index contributed by atoms with van der Waals surface area (Å²) in [5.41, 5.74) is 2.49. The van der Waals surface area contributed by atoms with E-state index in [4.69, 9.17) is 4.98 Å². The van der Waals surface area contributed by atoms with Crippen LogP contribution in [0.4, 0.5) is 11.6 Å². The van der Waals surface area contributed by atoms with Crippen LogP contribution < -0.4 is 5.32 Å². The Bertz CT molecular complexity index is 909. The fraction of sp³-hybridized carbons (Fsp3) is 0.524. The van der Waals surface area contributed by atoms with Crippen LogP contribution in [0.1, 0.15) is 64.6 Å². The van der Waals surface area contributed by atoms with E-state index < -0.39 is 0 Å². The van der Waals surface area contributed by atoms with Gasteiger partial charge in [-0.3, -0.25) is 5.10 Å². The molecule has 2 unspecified atom stereocenters. The van der Waals surface area contributed by atoms with Gasteiger partial charge in [0, 0.05) is 17.8 Å². The molecule has 7 heteroatoms. The monoisotopic (exact) mass is 381 g/mol. The second-order valence-corrected chi connectivity index (χ2v) is 7.56. The van der Waals surface area contributed by atoms with Crippen molar-refractivity contribution >= 4 is 22.9 Å². The van der Waals surface area contributed by atoms with Gasteiger partial charge in [0.25, 0.3) is 0 Å². The maximum absolute atomic E-state index is 4.79. The Hall–Kier alpha value is -2.70. The van der Waals surface area contributed by atoms with Gasteiger partial charge in [0.05, 0.1) is 12.5 Å². The van der Waals surface area contributed by atoms with Crippen molar-refractivity contribution in [3.63, 3.8) is 0 Å². The normalized spacial score (nSPS) is 14.0. The van der Waals surface area contributed by atoms with Gasteiger partial charge in [-0.05, 0) is 32.6 Å². The molecule has 0 aliphatic heterocycles. The second-order valence-electron chi connectivity index (χ2n) is 7.56. The van der Waals surface area contributed by atoms with Crippen LogP contribution in [0.15, 0.2) is 30.7 Å². The van der Waals surface area contributed by atoms with Gasteiger partial charge in [-0.1, -0.05) is 45.3 Å². The number of nitrogens with one attached hydrogen (secondary N) is 2. The van der Waals surface area contributed by atoms with E-state index in [9.17, 15) is 0 Å². The van der Waals surface area contributed by atoms with E-state index in [1.165, 1.54) is 19.3 Å². The van der Waals surface area contributed by atoms with Crippen molar-refractivity contribution < 1.29 is 0 Å². The summed E-state index contributed by atoms with van der Waals surface area (Å²) in [4.78, 5) is 13.8. The van der Waals surface area contributed by atoms with E-state index >= 15 is 0 Å². The SMILES string of the molecule is C/C=C\CC(CC(C)CCCC)n1cnc2ncc(Nc3cc(C)[nH]n3)nc21. The summed E-state index contributed by atoms with van der Waals surface area (Å²) in [6.07, 6.45) is 13.8. The molecular formula is C21H31N7. The highest BCUT2D eigenvalue weighted by Gasteiger charge is 2.18. The Labute approximate surface area is 166 Å². The van der Waals surface area contributed by atoms with Gasteiger partial charge in [-0.2, -0.15) is 5.10 Å². The topological polar surface area (TPSA) is 84.3 Å². The van der Waals surface area contributed by atoms with Gasteiger partial charge in [-0.15, -0.1) is 0 Å². The van der Waals surface area contributed by atoms with Crippen molar-refractivity contribution in [3.05, 3.63) is 36.4 Å². The van der Waals surface area contributed by atoms with Crippen LogP contribution in [0.2, 0.25) is 0 Å². The van der Waals surface area contributed by atoms with E-state index in [-0.39, 0.29) is 0 Å². The third-order valence-electron chi connectivity index (χ3n) is 5.01. The van der Waals surface area contributed by atoms with E-state index in [1.54, 1.807) is 6.20 Å². The number of unbranched alkanes of at least 4 members (excludes halogenated alkanes) is 1. The molecule has 0 radical (unpaired) electrons. The molecule has 2 atom stereocenters. The molecule has 7 nitrogen and oxygen atoms in total. The minimum atomic E-state index is 0.324. The summed E-state index contributed by atoms with van der Waals surface area (Å²) in [6.45, 7) is 8.62. The fourth-order valence-electron chi connectivity index (χ4n) is 3.50. The third-order valence-corrected chi connectivity index (χ3v) is 5.01. The molecule has 150 valence electrons. The summed E-state index contributed by atoms with van der Waals surface area (Å²) in [5.74, 6) is 2.06. The van der Waals surface area contributed by atoms with Crippen molar-refractivity contribution in [1.82, 2.24) is 29.7 Å². The number of H-pyrrole nitrogens is 1. The first-order valence-corrected chi connectivity index (χ1v) is 10.2. The number of imidazole rings is 1. The predicted molar refractivity (Wildman–Crippen MR) is 114 cm³/mol. The summed E-state index contributed by atoms with van der Waals surface area (Å²) >= 11 is 0. The Kier molecular flexibility index (Phi) is 6.79. The molecule has 3 aromatic rings. The van der Waals surface area contributed by atoms with Gasteiger partial charge < -0.3 is 9.88 Å². The van der Waals surface area contributed by atoms with E-state index in [0.717, 1.165) is 30.0 Å². The quantitative estimate of drug-likeness (QED) is 0.464. The van der Waals surface area contributed by atoms with Crippen molar-refractivity contribution in [3.8, 4) is 0 Å². The van der Waals surface area contributed by atoms with Crippen molar-refractivity contribution in [2.75, 3.05) is 5.32 Å². The van der Waals surface area contributed by atoms with Crippen molar-refractivity contribution in [2.45, 2.75) is 65.8 Å². The Morgan fingerprint density at radius 2 is 2.14 bits per heavy atom. The average Bonchev–Trinajstić information content (AvgIpc) is 3.29. The highest BCUT2D eigenvalue weighted by Crippen LogP contribution is 2.28. The van der Waals surface area contributed by atoms with Gasteiger partial charge in [0.15, 0.2) is 22.9 Å². The molecule has 3 heterocycles. The molecule has 0 aromatic carbocycles. The number of fused-ring (bicyclic) bond motifs is 1. The van der Waals surface area contributed by atoms with Crippen LogP contribution in [0.5, 0.6) is 0 Å². The lowest BCUT2D eigenvalue weighted by molar-refractivity contribution is 0.367. The molecule has 0 spiro atoms. The van der Waals surface area contributed by atoms with Crippen molar-refractivity contribution in [2.24, 2.45) is 5.92 Å². The average molecular weight is 382 g/mol. The van der Waals surface area contributed by atoms with Crippen LogP contribution in [-0.2, 0) is 0 Å². The lowest BCUT2D eigenvalue weighted by Crippen LogP contribution is -2.12. The molecule has 2 N–H and O–H groups in total. The summed E-state index contributed by atoms with van der Waals surface area (Å²) < 4.78 is 2.19. The zero-order valence-electron chi connectivity index (χ0n) is 17.3. The smallest absolute Gasteiger partial charge is 0.197 e. The maximum Gasteiger partial charge on any atom is 0.197 e. The second kappa shape index (κ2) is 9.48. The number of aromatic nitrogens is 6. The lowest BCUT2D eigenvalue weighted by Gasteiger charge is -2.21. The number of aryl methyl sites for hydroxylation is 1. The molecule has 0 bridgehead atoms. The Morgan fingerprint density at radius 1 is 1.29 bits per heavy atom. The van der Waals surface area contributed by atoms with E-state index in [0.29, 0.717) is 23.4 Å². The van der Waals surface area contributed by atoms with Crippen LogP contribution in [0, 0.1) is 12.8 Å². The number of anilines is 2. The largest absolute Gasteiger partial charge is 0.322 e. The molecule has 0 fully saturated rings.